The Labute approximate surface area is 102 Å². The van der Waals surface area contributed by atoms with Crippen molar-refractivity contribution in [2.75, 3.05) is 18.2 Å². The molecule has 0 aromatic heterocycles. The predicted octanol–water partition coefficient (Wildman–Crippen LogP) is 2.66. The van der Waals surface area contributed by atoms with E-state index in [9.17, 15) is 4.79 Å². The van der Waals surface area contributed by atoms with Gasteiger partial charge in [0, 0.05) is 6.04 Å². The number of carbonyl (C=O) groups excluding carboxylic acids is 1. The summed E-state index contributed by atoms with van der Waals surface area (Å²) in [5, 5.41) is 3.30. The molecule has 0 aliphatic heterocycles. The zero-order valence-electron chi connectivity index (χ0n) is 10.6. The van der Waals surface area contributed by atoms with Crippen LogP contribution in [-0.2, 0) is 4.74 Å². The third-order valence-corrected chi connectivity index (χ3v) is 2.60. The molecule has 1 rings (SSSR count). The maximum absolute atomic E-state index is 11.4. The van der Waals surface area contributed by atoms with Crippen molar-refractivity contribution in [1.82, 2.24) is 0 Å². The predicted molar refractivity (Wildman–Crippen MR) is 70.2 cm³/mol. The normalized spacial score (nSPS) is 11.9. The van der Waals surface area contributed by atoms with Crippen LogP contribution in [0.4, 0.5) is 11.4 Å². The van der Waals surface area contributed by atoms with Crippen LogP contribution in [0.15, 0.2) is 18.2 Å². The molecule has 0 saturated heterocycles. The average molecular weight is 236 g/mol. The van der Waals surface area contributed by atoms with Crippen molar-refractivity contribution >= 4 is 17.3 Å². The number of esters is 1. The van der Waals surface area contributed by atoms with Gasteiger partial charge in [0.2, 0.25) is 0 Å². The number of hydrogen-bond donors (Lipinski definition) is 2. The number of nitrogen functional groups attached to an aromatic ring is 1. The minimum Gasteiger partial charge on any atom is -0.465 e. The molecule has 0 saturated carbocycles. The Hall–Kier alpha value is -1.71. The maximum Gasteiger partial charge on any atom is 0.337 e. The van der Waals surface area contributed by atoms with Gasteiger partial charge in [0.1, 0.15) is 0 Å². The number of anilines is 2. The van der Waals surface area contributed by atoms with Crippen LogP contribution in [0.25, 0.3) is 0 Å². The summed E-state index contributed by atoms with van der Waals surface area (Å²) in [4.78, 5) is 11.4. The van der Waals surface area contributed by atoms with Gasteiger partial charge in [-0.3, -0.25) is 0 Å². The Kier molecular flexibility index (Phi) is 4.82. The molecule has 0 radical (unpaired) electrons. The molecule has 0 aliphatic rings. The van der Waals surface area contributed by atoms with Gasteiger partial charge in [-0.25, -0.2) is 4.79 Å². The number of carbonyl (C=O) groups is 1. The van der Waals surface area contributed by atoms with E-state index in [1.165, 1.54) is 7.11 Å². The van der Waals surface area contributed by atoms with Gasteiger partial charge >= 0.3 is 5.97 Å². The Bertz CT molecular complexity index is 391. The molecule has 4 nitrogen and oxygen atoms in total. The summed E-state index contributed by atoms with van der Waals surface area (Å²) in [7, 11) is 1.37. The Morgan fingerprint density at radius 1 is 1.53 bits per heavy atom. The van der Waals surface area contributed by atoms with Crippen LogP contribution in [0.5, 0.6) is 0 Å². The van der Waals surface area contributed by atoms with Crippen LogP contribution in [0.1, 0.15) is 37.0 Å². The Morgan fingerprint density at radius 2 is 2.24 bits per heavy atom. The van der Waals surface area contributed by atoms with Crippen LogP contribution in [0, 0.1) is 0 Å². The van der Waals surface area contributed by atoms with Gasteiger partial charge in [-0.05, 0) is 31.5 Å². The van der Waals surface area contributed by atoms with Crippen molar-refractivity contribution in [3.8, 4) is 0 Å². The fraction of sp³-hybridized carbons (Fsp3) is 0.462. The van der Waals surface area contributed by atoms with E-state index in [2.05, 4.69) is 23.9 Å². The highest BCUT2D eigenvalue weighted by Gasteiger charge is 2.09. The zero-order chi connectivity index (χ0) is 12.8. The standard InChI is InChI=1S/C13H20N2O2/c1-4-5-9(2)15-12-8-10(13(16)17-3)6-7-11(12)14/h6-9,15H,4-5,14H2,1-3H3. The van der Waals surface area contributed by atoms with Crippen molar-refractivity contribution in [1.29, 1.82) is 0 Å². The topological polar surface area (TPSA) is 64.3 Å². The molecule has 1 aromatic rings. The fourth-order valence-corrected chi connectivity index (χ4v) is 1.70. The monoisotopic (exact) mass is 236 g/mol. The lowest BCUT2D eigenvalue weighted by atomic mass is 10.1. The van der Waals surface area contributed by atoms with E-state index in [4.69, 9.17) is 5.73 Å². The largest absolute Gasteiger partial charge is 0.465 e. The molecule has 0 spiro atoms. The SMILES string of the molecule is CCCC(C)Nc1cc(C(=O)OC)ccc1N. The van der Waals surface area contributed by atoms with Crippen LogP contribution < -0.4 is 11.1 Å². The number of nitrogens with one attached hydrogen (secondary N) is 1. The van der Waals surface area contributed by atoms with Crippen molar-refractivity contribution < 1.29 is 9.53 Å². The van der Waals surface area contributed by atoms with Crippen molar-refractivity contribution in [3.63, 3.8) is 0 Å². The summed E-state index contributed by atoms with van der Waals surface area (Å²) in [6.45, 7) is 4.22. The highest BCUT2D eigenvalue weighted by Crippen LogP contribution is 2.22. The maximum atomic E-state index is 11.4. The van der Waals surface area contributed by atoms with E-state index in [-0.39, 0.29) is 5.97 Å². The highest BCUT2D eigenvalue weighted by molar-refractivity contribution is 5.91. The van der Waals surface area contributed by atoms with Crippen LogP contribution >= 0.6 is 0 Å². The van der Waals surface area contributed by atoms with E-state index in [1.54, 1.807) is 18.2 Å². The lowest BCUT2D eigenvalue weighted by Crippen LogP contribution is -2.16. The molecular weight excluding hydrogens is 216 g/mol. The third-order valence-electron chi connectivity index (χ3n) is 2.60. The van der Waals surface area contributed by atoms with Gasteiger partial charge in [0.05, 0.1) is 24.0 Å². The highest BCUT2D eigenvalue weighted by atomic mass is 16.5. The second-order valence-electron chi connectivity index (χ2n) is 4.13. The van der Waals surface area contributed by atoms with Gasteiger partial charge in [-0.1, -0.05) is 13.3 Å². The Morgan fingerprint density at radius 3 is 2.82 bits per heavy atom. The molecule has 17 heavy (non-hydrogen) atoms. The first-order valence-corrected chi connectivity index (χ1v) is 5.82. The number of nitrogens with two attached hydrogens (primary N) is 1. The van der Waals surface area contributed by atoms with Crippen molar-refractivity contribution in [3.05, 3.63) is 23.8 Å². The molecule has 1 atom stereocenters. The Balaban J connectivity index is 2.86. The van der Waals surface area contributed by atoms with E-state index >= 15 is 0 Å². The van der Waals surface area contributed by atoms with E-state index in [0.29, 0.717) is 17.3 Å². The first-order valence-electron chi connectivity index (χ1n) is 5.82. The van der Waals surface area contributed by atoms with E-state index < -0.39 is 0 Å². The lowest BCUT2D eigenvalue weighted by Gasteiger charge is -2.16. The first-order chi connectivity index (χ1) is 8.08. The summed E-state index contributed by atoms with van der Waals surface area (Å²) >= 11 is 0. The summed E-state index contributed by atoms with van der Waals surface area (Å²) in [6.07, 6.45) is 2.16. The van der Waals surface area contributed by atoms with Gasteiger partial charge in [0.15, 0.2) is 0 Å². The van der Waals surface area contributed by atoms with E-state index in [1.807, 2.05) is 0 Å². The molecule has 0 amide bonds. The molecule has 94 valence electrons. The molecule has 4 heteroatoms. The molecule has 0 fully saturated rings. The molecular formula is C13H20N2O2. The van der Waals surface area contributed by atoms with Crippen molar-refractivity contribution in [2.24, 2.45) is 0 Å². The first kappa shape index (κ1) is 13.4. The average Bonchev–Trinajstić information content (AvgIpc) is 2.31. The minimum atomic E-state index is -0.351. The zero-order valence-corrected chi connectivity index (χ0v) is 10.6. The number of rotatable bonds is 5. The van der Waals surface area contributed by atoms with Crippen molar-refractivity contribution in [2.45, 2.75) is 32.7 Å². The molecule has 1 unspecified atom stereocenters. The number of benzene rings is 1. The number of ether oxygens (including phenoxy) is 1. The lowest BCUT2D eigenvalue weighted by molar-refractivity contribution is 0.0601. The summed E-state index contributed by atoms with van der Waals surface area (Å²) in [5.74, 6) is -0.351. The van der Waals surface area contributed by atoms with Gasteiger partial charge in [-0.2, -0.15) is 0 Å². The van der Waals surface area contributed by atoms with Gasteiger partial charge < -0.3 is 15.8 Å². The van der Waals surface area contributed by atoms with Crippen LogP contribution in [-0.4, -0.2) is 19.1 Å². The minimum absolute atomic E-state index is 0.329. The molecule has 3 N–H and O–H groups in total. The van der Waals surface area contributed by atoms with E-state index in [0.717, 1.165) is 18.5 Å². The van der Waals surface area contributed by atoms with Crippen LogP contribution in [0.2, 0.25) is 0 Å². The van der Waals surface area contributed by atoms with Gasteiger partial charge in [0.25, 0.3) is 0 Å². The second-order valence-corrected chi connectivity index (χ2v) is 4.13. The summed E-state index contributed by atoms with van der Waals surface area (Å²) < 4.78 is 4.68. The third kappa shape index (κ3) is 3.66. The fourth-order valence-electron chi connectivity index (χ4n) is 1.70. The molecule has 0 heterocycles. The summed E-state index contributed by atoms with van der Waals surface area (Å²) in [5.41, 5.74) is 7.79. The van der Waals surface area contributed by atoms with Crippen LogP contribution in [0.3, 0.4) is 0 Å². The molecule has 0 bridgehead atoms. The number of methoxy groups -OCH3 is 1. The number of hydrogen-bond acceptors (Lipinski definition) is 4. The quantitative estimate of drug-likeness (QED) is 0.609. The summed E-state index contributed by atoms with van der Waals surface area (Å²) in [6, 6.07) is 5.44. The van der Waals surface area contributed by atoms with Gasteiger partial charge in [-0.15, -0.1) is 0 Å². The molecule has 1 aromatic carbocycles. The molecule has 0 aliphatic carbocycles. The second kappa shape index (κ2) is 6.13. The smallest absolute Gasteiger partial charge is 0.337 e.